The summed E-state index contributed by atoms with van der Waals surface area (Å²) < 4.78 is 31.8. The SMILES string of the molecule is Cc1[nH]c2ccc(C(=O)OCC(=O)c3ccc(S(=O)(=O)N4CCCC4)cc3)cc2c1C. The summed E-state index contributed by atoms with van der Waals surface area (Å²) in [6.07, 6.45) is 1.72. The highest BCUT2D eigenvalue weighted by Gasteiger charge is 2.27. The second kappa shape index (κ2) is 8.28. The summed E-state index contributed by atoms with van der Waals surface area (Å²) in [6.45, 7) is 4.56. The zero-order valence-corrected chi connectivity index (χ0v) is 18.3. The Balaban J connectivity index is 1.41. The van der Waals surface area contributed by atoms with Crippen LogP contribution in [0.4, 0.5) is 0 Å². The van der Waals surface area contributed by atoms with Crippen LogP contribution >= 0.6 is 0 Å². The molecule has 2 aromatic carbocycles. The van der Waals surface area contributed by atoms with Crippen LogP contribution in [0.3, 0.4) is 0 Å². The van der Waals surface area contributed by atoms with Crippen LogP contribution in [0.15, 0.2) is 47.4 Å². The highest BCUT2D eigenvalue weighted by atomic mass is 32.2. The van der Waals surface area contributed by atoms with Gasteiger partial charge in [-0.2, -0.15) is 4.31 Å². The second-order valence-electron chi connectivity index (χ2n) is 7.77. The lowest BCUT2D eigenvalue weighted by Gasteiger charge is -2.15. The Kier molecular flexibility index (Phi) is 5.68. The van der Waals surface area contributed by atoms with Crippen molar-refractivity contribution in [2.24, 2.45) is 0 Å². The zero-order valence-electron chi connectivity index (χ0n) is 17.5. The number of esters is 1. The highest BCUT2D eigenvalue weighted by molar-refractivity contribution is 7.89. The van der Waals surface area contributed by atoms with E-state index in [2.05, 4.69) is 4.98 Å². The van der Waals surface area contributed by atoms with Crippen LogP contribution in [0.25, 0.3) is 10.9 Å². The number of carbonyl (C=O) groups is 2. The van der Waals surface area contributed by atoms with Gasteiger partial charge in [-0.05, 0) is 74.7 Å². The van der Waals surface area contributed by atoms with Crippen molar-refractivity contribution in [3.05, 3.63) is 64.8 Å². The number of Topliss-reactive ketones (excluding diaryl/α,β-unsaturated/α-hetero) is 1. The lowest BCUT2D eigenvalue weighted by molar-refractivity contribution is 0.0475. The maximum absolute atomic E-state index is 12.6. The molecular formula is C23H24N2O5S. The van der Waals surface area contributed by atoms with Gasteiger partial charge >= 0.3 is 5.97 Å². The van der Waals surface area contributed by atoms with E-state index in [1.165, 1.54) is 28.6 Å². The molecular weight excluding hydrogens is 416 g/mol. The molecule has 0 amide bonds. The van der Waals surface area contributed by atoms with Crippen molar-refractivity contribution < 1.29 is 22.7 Å². The summed E-state index contributed by atoms with van der Waals surface area (Å²) in [7, 11) is -3.53. The summed E-state index contributed by atoms with van der Waals surface area (Å²) >= 11 is 0. The average Bonchev–Trinajstić information content (AvgIpc) is 3.41. The van der Waals surface area contributed by atoms with E-state index in [4.69, 9.17) is 4.74 Å². The Morgan fingerprint density at radius 2 is 1.65 bits per heavy atom. The summed E-state index contributed by atoms with van der Waals surface area (Å²) in [6, 6.07) is 11.0. The van der Waals surface area contributed by atoms with Gasteiger partial charge in [0.15, 0.2) is 12.4 Å². The maximum atomic E-state index is 12.6. The largest absolute Gasteiger partial charge is 0.454 e. The molecule has 31 heavy (non-hydrogen) atoms. The Hall–Kier alpha value is -2.97. The average molecular weight is 441 g/mol. The topological polar surface area (TPSA) is 96.5 Å². The predicted octanol–water partition coefficient (Wildman–Crippen LogP) is 3.61. The van der Waals surface area contributed by atoms with Gasteiger partial charge in [0.05, 0.1) is 10.5 Å². The van der Waals surface area contributed by atoms with Crippen molar-refractivity contribution >= 4 is 32.7 Å². The van der Waals surface area contributed by atoms with Crippen LogP contribution in [0.5, 0.6) is 0 Å². The molecule has 8 heteroatoms. The zero-order chi connectivity index (χ0) is 22.2. The number of nitrogens with zero attached hydrogens (tertiary/aromatic N) is 1. The normalized spacial score (nSPS) is 14.8. The summed E-state index contributed by atoms with van der Waals surface area (Å²) in [4.78, 5) is 28.2. The third-order valence-electron chi connectivity index (χ3n) is 5.76. The van der Waals surface area contributed by atoms with Gasteiger partial charge in [-0.1, -0.05) is 0 Å². The molecule has 162 valence electrons. The quantitative estimate of drug-likeness (QED) is 0.467. The minimum atomic E-state index is -3.53. The Morgan fingerprint density at radius 1 is 1.00 bits per heavy atom. The first kappa shape index (κ1) is 21.3. The van der Waals surface area contributed by atoms with Gasteiger partial charge in [0, 0.05) is 35.2 Å². The van der Waals surface area contributed by atoms with Crippen molar-refractivity contribution in [3.8, 4) is 0 Å². The number of aromatic amines is 1. The molecule has 0 atom stereocenters. The third-order valence-corrected chi connectivity index (χ3v) is 7.67. The first-order valence-corrected chi connectivity index (χ1v) is 11.6. The van der Waals surface area contributed by atoms with Crippen molar-refractivity contribution in [1.29, 1.82) is 0 Å². The van der Waals surface area contributed by atoms with Crippen LogP contribution in [0.2, 0.25) is 0 Å². The van der Waals surface area contributed by atoms with Gasteiger partial charge in [-0.15, -0.1) is 0 Å². The van der Waals surface area contributed by atoms with Crippen LogP contribution in [-0.2, 0) is 14.8 Å². The van der Waals surface area contributed by atoms with E-state index < -0.39 is 28.4 Å². The smallest absolute Gasteiger partial charge is 0.338 e. The first-order chi connectivity index (χ1) is 14.8. The van der Waals surface area contributed by atoms with Crippen molar-refractivity contribution in [3.63, 3.8) is 0 Å². The van der Waals surface area contributed by atoms with Crippen LogP contribution < -0.4 is 0 Å². The first-order valence-electron chi connectivity index (χ1n) is 10.2. The molecule has 1 aliphatic heterocycles. The fraction of sp³-hybridized carbons (Fsp3) is 0.304. The molecule has 0 bridgehead atoms. The number of hydrogen-bond acceptors (Lipinski definition) is 5. The Labute approximate surface area is 181 Å². The molecule has 1 fully saturated rings. The fourth-order valence-corrected chi connectivity index (χ4v) is 5.29. The number of rotatable bonds is 6. The summed E-state index contributed by atoms with van der Waals surface area (Å²) in [5.74, 6) is -0.977. The number of aryl methyl sites for hydroxylation is 2. The van der Waals surface area contributed by atoms with Crippen LogP contribution in [0, 0.1) is 13.8 Å². The number of hydrogen-bond donors (Lipinski definition) is 1. The molecule has 7 nitrogen and oxygen atoms in total. The van der Waals surface area contributed by atoms with Gasteiger partial charge in [-0.25, -0.2) is 13.2 Å². The second-order valence-corrected chi connectivity index (χ2v) is 9.71. The predicted molar refractivity (Wildman–Crippen MR) is 117 cm³/mol. The van der Waals surface area contributed by atoms with E-state index >= 15 is 0 Å². The number of aromatic nitrogens is 1. The lowest BCUT2D eigenvalue weighted by atomic mass is 10.1. The summed E-state index contributed by atoms with van der Waals surface area (Å²) in [5, 5.41) is 0.938. The lowest BCUT2D eigenvalue weighted by Crippen LogP contribution is -2.27. The molecule has 0 radical (unpaired) electrons. The van der Waals surface area contributed by atoms with E-state index in [9.17, 15) is 18.0 Å². The van der Waals surface area contributed by atoms with E-state index in [-0.39, 0.29) is 4.90 Å². The maximum Gasteiger partial charge on any atom is 0.338 e. The molecule has 1 N–H and O–H groups in total. The van der Waals surface area contributed by atoms with E-state index in [0.29, 0.717) is 24.2 Å². The minimum absolute atomic E-state index is 0.161. The number of sulfonamides is 1. The van der Waals surface area contributed by atoms with Crippen LogP contribution in [-0.4, -0.2) is 49.2 Å². The number of H-pyrrole nitrogens is 1. The van der Waals surface area contributed by atoms with Gasteiger partial charge in [-0.3, -0.25) is 4.79 Å². The molecule has 3 aromatic rings. The van der Waals surface area contributed by atoms with Crippen LogP contribution in [0.1, 0.15) is 44.8 Å². The number of fused-ring (bicyclic) bond motifs is 1. The number of nitrogens with one attached hydrogen (secondary N) is 1. The Morgan fingerprint density at radius 3 is 2.32 bits per heavy atom. The molecule has 0 spiro atoms. The van der Waals surface area contributed by atoms with E-state index in [0.717, 1.165) is 35.0 Å². The van der Waals surface area contributed by atoms with Gasteiger partial charge in [0.2, 0.25) is 10.0 Å². The molecule has 0 unspecified atom stereocenters. The fourth-order valence-electron chi connectivity index (χ4n) is 3.78. The molecule has 0 saturated carbocycles. The standard InChI is InChI=1S/C23H24N2O5S/c1-15-16(2)24-21-10-7-18(13-20(15)21)23(27)30-14-22(26)17-5-8-19(9-6-17)31(28,29)25-11-3-4-12-25/h5-10,13,24H,3-4,11-12,14H2,1-2H3. The summed E-state index contributed by atoms with van der Waals surface area (Å²) in [5.41, 5.74) is 3.69. The van der Waals surface area contributed by atoms with Gasteiger partial charge in [0.25, 0.3) is 0 Å². The van der Waals surface area contributed by atoms with Crippen molar-refractivity contribution in [2.45, 2.75) is 31.6 Å². The molecule has 0 aliphatic carbocycles. The number of ketones is 1. The minimum Gasteiger partial charge on any atom is -0.454 e. The Bertz CT molecular complexity index is 1250. The van der Waals surface area contributed by atoms with Crippen molar-refractivity contribution in [2.75, 3.05) is 19.7 Å². The third kappa shape index (κ3) is 4.13. The van der Waals surface area contributed by atoms with E-state index in [1.807, 2.05) is 19.9 Å². The number of carbonyl (C=O) groups excluding carboxylic acids is 2. The molecule has 1 aromatic heterocycles. The molecule has 1 saturated heterocycles. The van der Waals surface area contributed by atoms with E-state index in [1.54, 1.807) is 12.1 Å². The van der Waals surface area contributed by atoms with Gasteiger partial charge < -0.3 is 9.72 Å². The molecule has 2 heterocycles. The molecule has 4 rings (SSSR count). The monoisotopic (exact) mass is 440 g/mol. The number of ether oxygens (including phenoxy) is 1. The van der Waals surface area contributed by atoms with Crippen molar-refractivity contribution in [1.82, 2.24) is 9.29 Å². The van der Waals surface area contributed by atoms with Gasteiger partial charge in [0.1, 0.15) is 0 Å². The highest BCUT2D eigenvalue weighted by Crippen LogP contribution is 2.23. The number of benzene rings is 2. The molecule has 1 aliphatic rings.